The third-order valence-electron chi connectivity index (χ3n) is 2.98. The van der Waals surface area contributed by atoms with E-state index in [2.05, 4.69) is 5.32 Å². The van der Waals surface area contributed by atoms with Crippen LogP contribution in [0.2, 0.25) is 0 Å². The Balaban J connectivity index is 0.00000144. The van der Waals surface area contributed by atoms with Crippen molar-refractivity contribution in [2.75, 3.05) is 13.2 Å². The highest BCUT2D eigenvalue weighted by Crippen LogP contribution is 2.15. The fraction of sp³-hybridized carbons (Fsp3) is 0.538. The predicted octanol–water partition coefficient (Wildman–Crippen LogP) is 3.37. The first kappa shape index (κ1) is 14.6. The van der Waals surface area contributed by atoms with Crippen LogP contribution in [0.25, 0.3) is 0 Å². The van der Waals surface area contributed by atoms with Gasteiger partial charge in [0.15, 0.2) is 0 Å². The molecule has 1 aromatic carbocycles. The zero-order valence-corrected chi connectivity index (χ0v) is 11.4. The standard InChI is InChI=1S/C13H18ClNO.ClH/c14-10-11-3-5-13(6-4-11)16-9-7-12-2-1-8-15-12;/h3-6,12,15H,1-2,7-10H2;1H. The summed E-state index contributed by atoms with van der Waals surface area (Å²) in [6.07, 6.45) is 3.68. The van der Waals surface area contributed by atoms with Crippen LogP contribution < -0.4 is 10.1 Å². The Kier molecular flexibility index (Phi) is 6.71. The SMILES string of the molecule is Cl.ClCc1ccc(OCCC2CCCN2)cc1. The summed E-state index contributed by atoms with van der Waals surface area (Å²) in [6, 6.07) is 8.65. The molecule has 1 aliphatic heterocycles. The van der Waals surface area contributed by atoms with E-state index in [1.807, 2.05) is 24.3 Å². The molecule has 0 radical (unpaired) electrons. The molecule has 1 aromatic rings. The minimum absolute atomic E-state index is 0. The van der Waals surface area contributed by atoms with Gasteiger partial charge in [-0.3, -0.25) is 0 Å². The van der Waals surface area contributed by atoms with E-state index in [1.54, 1.807) is 0 Å². The van der Waals surface area contributed by atoms with Crippen molar-refractivity contribution in [2.45, 2.75) is 31.2 Å². The number of nitrogens with one attached hydrogen (secondary N) is 1. The molecule has 0 spiro atoms. The summed E-state index contributed by atoms with van der Waals surface area (Å²) in [5.74, 6) is 1.50. The number of hydrogen-bond acceptors (Lipinski definition) is 2. The Morgan fingerprint density at radius 2 is 2.06 bits per heavy atom. The second-order valence-corrected chi connectivity index (χ2v) is 4.48. The van der Waals surface area contributed by atoms with E-state index < -0.39 is 0 Å². The van der Waals surface area contributed by atoms with Gasteiger partial charge in [0.2, 0.25) is 0 Å². The van der Waals surface area contributed by atoms with Crippen molar-refractivity contribution in [1.29, 1.82) is 0 Å². The molecule has 1 atom stereocenters. The normalized spacial score (nSPS) is 18.8. The minimum atomic E-state index is 0. The summed E-state index contributed by atoms with van der Waals surface area (Å²) in [4.78, 5) is 0. The summed E-state index contributed by atoms with van der Waals surface area (Å²) in [6.45, 7) is 1.95. The maximum atomic E-state index is 5.72. The quantitative estimate of drug-likeness (QED) is 0.832. The first-order valence-electron chi connectivity index (χ1n) is 5.89. The van der Waals surface area contributed by atoms with Gasteiger partial charge in [-0.25, -0.2) is 0 Å². The first-order valence-corrected chi connectivity index (χ1v) is 6.43. The molecule has 96 valence electrons. The number of alkyl halides is 1. The van der Waals surface area contributed by atoms with Crippen LogP contribution in [0.15, 0.2) is 24.3 Å². The molecule has 4 heteroatoms. The zero-order chi connectivity index (χ0) is 11.2. The van der Waals surface area contributed by atoms with Crippen molar-refractivity contribution in [3.63, 3.8) is 0 Å². The summed E-state index contributed by atoms with van der Waals surface area (Å²) >= 11 is 5.72. The second-order valence-electron chi connectivity index (χ2n) is 4.21. The number of rotatable bonds is 5. The average molecular weight is 276 g/mol. The fourth-order valence-electron chi connectivity index (χ4n) is 2.00. The van der Waals surface area contributed by atoms with Crippen LogP contribution >= 0.6 is 24.0 Å². The Hall–Kier alpha value is -0.440. The predicted molar refractivity (Wildman–Crippen MR) is 74.4 cm³/mol. The van der Waals surface area contributed by atoms with E-state index in [0.717, 1.165) is 30.9 Å². The molecule has 0 saturated carbocycles. The molecule has 1 unspecified atom stereocenters. The minimum Gasteiger partial charge on any atom is -0.494 e. The molecule has 0 aliphatic carbocycles. The number of halogens is 2. The molecule has 1 heterocycles. The molecule has 0 aromatic heterocycles. The van der Waals surface area contributed by atoms with Crippen LogP contribution in [0.3, 0.4) is 0 Å². The molecule has 1 aliphatic rings. The lowest BCUT2D eigenvalue weighted by atomic mass is 10.2. The summed E-state index contributed by atoms with van der Waals surface area (Å²) in [5, 5.41) is 3.46. The van der Waals surface area contributed by atoms with E-state index in [0.29, 0.717) is 11.9 Å². The highest BCUT2D eigenvalue weighted by atomic mass is 35.5. The van der Waals surface area contributed by atoms with E-state index in [9.17, 15) is 0 Å². The maximum absolute atomic E-state index is 5.72. The Labute approximate surface area is 114 Å². The van der Waals surface area contributed by atoms with Crippen LogP contribution in [0, 0.1) is 0 Å². The molecular weight excluding hydrogens is 257 g/mol. The van der Waals surface area contributed by atoms with Gasteiger partial charge in [0, 0.05) is 11.9 Å². The van der Waals surface area contributed by atoms with E-state index >= 15 is 0 Å². The van der Waals surface area contributed by atoms with Gasteiger partial charge in [-0.1, -0.05) is 12.1 Å². The van der Waals surface area contributed by atoms with E-state index in [4.69, 9.17) is 16.3 Å². The highest BCUT2D eigenvalue weighted by Gasteiger charge is 2.13. The van der Waals surface area contributed by atoms with Crippen molar-refractivity contribution in [3.8, 4) is 5.75 Å². The second kappa shape index (κ2) is 7.80. The van der Waals surface area contributed by atoms with Gasteiger partial charge < -0.3 is 10.1 Å². The molecule has 0 amide bonds. The molecule has 2 rings (SSSR count). The smallest absolute Gasteiger partial charge is 0.119 e. The maximum Gasteiger partial charge on any atom is 0.119 e. The van der Waals surface area contributed by atoms with Gasteiger partial charge in [0.25, 0.3) is 0 Å². The monoisotopic (exact) mass is 275 g/mol. The first-order chi connectivity index (χ1) is 7.88. The van der Waals surface area contributed by atoms with Crippen molar-refractivity contribution in [3.05, 3.63) is 29.8 Å². The Bertz CT molecular complexity index is 310. The molecule has 1 saturated heterocycles. The molecule has 17 heavy (non-hydrogen) atoms. The van der Waals surface area contributed by atoms with Crippen LogP contribution in [-0.4, -0.2) is 19.2 Å². The van der Waals surface area contributed by atoms with Gasteiger partial charge in [-0.2, -0.15) is 0 Å². The third kappa shape index (κ3) is 4.74. The lowest BCUT2D eigenvalue weighted by molar-refractivity contribution is 0.292. The number of ether oxygens (including phenoxy) is 1. The lowest BCUT2D eigenvalue weighted by Gasteiger charge is -2.11. The summed E-state index contributed by atoms with van der Waals surface area (Å²) in [7, 11) is 0. The largest absolute Gasteiger partial charge is 0.494 e. The number of benzene rings is 1. The zero-order valence-electron chi connectivity index (χ0n) is 9.82. The van der Waals surface area contributed by atoms with Crippen LogP contribution in [0.5, 0.6) is 5.75 Å². The number of hydrogen-bond donors (Lipinski definition) is 1. The van der Waals surface area contributed by atoms with Crippen LogP contribution in [0.4, 0.5) is 0 Å². The Morgan fingerprint density at radius 1 is 1.29 bits per heavy atom. The molecule has 1 fully saturated rings. The van der Waals surface area contributed by atoms with Gasteiger partial charge in [-0.05, 0) is 43.5 Å². The van der Waals surface area contributed by atoms with Gasteiger partial charge in [0.1, 0.15) is 5.75 Å². The topological polar surface area (TPSA) is 21.3 Å². The molecule has 1 N–H and O–H groups in total. The van der Waals surface area contributed by atoms with Crippen LogP contribution in [-0.2, 0) is 5.88 Å². The van der Waals surface area contributed by atoms with E-state index in [1.165, 1.54) is 12.8 Å². The van der Waals surface area contributed by atoms with Gasteiger partial charge >= 0.3 is 0 Å². The van der Waals surface area contributed by atoms with Crippen molar-refractivity contribution in [1.82, 2.24) is 5.32 Å². The third-order valence-corrected chi connectivity index (χ3v) is 3.28. The van der Waals surface area contributed by atoms with Crippen molar-refractivity contribution in [2.24, 2.45) is 0 Å². The van der Waals surface area contributed by atoms with Gasteiger partial charge in [0.05, 0.1) is 6.61 Å². The summed E-state index contributed by atoms with van der Waals surface area (Å²) in [5.41, 5.74) is 1.13. The van der Waals surface area contributed by atoms with Crippen LogP contribution in [0.1, 0.15) is 24.8 Å². The van der Waals surface area contributed by atoms with Gasteiger partial charge in [-0.15, -0.1) is 24.0 Å². The lowest BCUT2D eigenvalue weighted by Crippen LogP contribution is -2.23. The van der Waals surface area contributed by atoms with E-state index in [-0.39, 0.29) is 12.4 Å². The average Bonchev–Trinajstić information content (AvgIpc) is 2.83. The Morgan fingerprint density at radius 3 is 2.65 bits per heavy atom. The van der Waals surface area contributed by atoms with Crippen molar-refractivity contribution < 1.29 is 4.74 Å². The fourth-order valence-corrected chi connectivity index (χ4v) is 2.18. The highest BCUT2D eigenvalue weighted by molar-refractivity contribution is 6.17. The molecule has 0 bridgehead atoms. The van der Waals surface area contributed by atoms with Crippen molar-refractivity contribution >= 4 is 24.0 Å². The molecule has 2 nitrogen and oxygen atoms in total. The molecular formula is C13H19Cl2NO. The summed E-state index contributed by atoms with van der Waals surface area (Å²) < 4.78 is 5.68.